The SMILES string of the molecule is CC1(C)C=[N+]([O-])C=CC1. The first-order valence-electron chi connectivity index (χ1n) is 3.08. The fraction of sp³-hybridized carbons (Fsp3) is 0.571. The molecule has 2 nitrogen and oxygen atoms in total. The van der Waals surface area contributed by atoms with Gasteiger partial charge >= 0.3 is 0 Å². The van der Waals surface area contributed by atoms with Crippen LogP contribution in [-0.4, -0.2) is 11.0 Å². The Bertz CT molecular complexity index is 168. The van der Waals surface area contributed by atoms with E-state index in [4.69, 9.17) is 0 Å². The average molecular weight is 125 g/mol. The Kier molecular flexibility index (Phi) is 1.31. The van der Waals surface area contributed by atoms with E-state index in [-0.39, 0.29) is 5.41 Å². The predicted molar refractivity (Wildman–Crippen MR) is 37.2 cm³/mol. The van der Waals surface area contributed by atoms with Gasteiger partial charge in [-0.15, -0.1) is 0 Å². The van der Waals surface area contributed by atoms with Crippen LogP contribution in [0.5, 0.6) is 0 Å². The molecule has 0 saturated carbocycles. The van der Waals surface area contributed by atoms with Crippen molar-refractivity contribution < 1.29 is 4.74 Å². The molecule has 2 heteroatoms. The molecule has 0 radical (unpaired) electrons. The molecule has 0 spiro atoms. The highest BCUT2D eigenvalue weighted by Gasteiger charge is 2.20. The molecule has 0 aromatic carbocycles. The summed E-state index contributed by atoms with van der Waals surface area (Å²) in [6.07, 6.45) is 6.09. The largest absolute Gasteiger partial charge is 0.619 e. The minimum Gasteiger partial charge on any atom is -0.619 e. The van der Waals surface area contributed by atoms with Gasteiger partial charge in [-0.1, -0.05) is 13.8 Å². The molecular formula is C7H11NO. The van der Waals surface area contributed by atoms with Crippen LogP contribution in [0, 0.1) is 10.6 Å². The monoisotopic (exact) mass is 125 g/mol. The van der Waals surface area contributed by atoms with Crippen LogP contribution in [0.15, 0.2) is 12.3 Å². The molecule has 0 saturated heterocycles. The van der Waals surface area contributed by atoms with Crippen molar-refractivity contribution in [2.75, 3.05) is 0 Å². The summed E-state index contributed by atoms with van der Waals surface area (Å²) in [7, 11) is 0. The highest BCUT2D eigenvalue weighted by Crippen LogP contribution is 2.19. The quantitative estimate of drug-likeness (QED) is 0.356. The number of hydroxylamine groups is 1. The van der Waals surface area contributed by atoms with Crippen LogP contribution in [0.1, 0.15) is 20.3 Å². The standard InChI is InChI=1S/C7H11NO/c1-7(2)4-3-5-8(9)6-7/h3,5-6H,4H2,1-2H3. The Balaban J connectivity index is 2.78. The van der Waals surface area contributed by atoms with Gasteiger partial charge in [0.15, 0.2) is 12.4 Å². The molecule has 0 atom stereocenters. The molecule has 50 valence electrons. The summed E-state index contributed by atoms with van der Waals surface area (Å²) < 4.78 is 0.865. The van der Waals surface area contributed by atoms with E-state index in [0.29, 0.717) is 0 Å². The lowest BCUT2D eigenvalue weighted by atomic mass is 9.90. The molecule has 0 N–H and O–H groups in total. The average Bonchev–Trinajstić information content (AvgIpc) is 1.60. The third-order valence-corrected chi connectivity index (χ3v) is 1.37. The molecular weight excluding hydrogens is 114 g/mol. The summed E-state index contributed by atoms with van der Waals surface area (Å²) in [4.78, 5) is 0. The fourth-order valence-corrected chi connectivity index (χ4v) is 0.901. The summed E-state index contributed by atoms with van der Waals surface area (Å²) in [5.74, 6) is 0. The van der Waals surface area contributed by atoms with Crippen LogP contribution in [0.25, 0.3) is 0 Å². The smallest absolute Gasteiger partial charge is 0.176 e. The zero-order chi connectivity index (χ0) is 6.91. The summed E-state index contributed by atoms with van der Waals surface area (Å²) in [6, 6.07) is 0. The fourth-order valence-electron chi connectivity index (χ4n) is 0.901. The van der Waals surface area contributed by atoms with E-state index in [1.807, 2.05) is 19.9 Å². The first-order valence-corrected chi connectivity index (χ1v) is 3.08. The maximum absolute atomic E-state index is 10.7. The number of rotatable bonds is 0. The molecule has 0 aromatic rings. The van der Waals surface area contributed by atoms with Crippen molar-refractivity contribution in [1.82, 2.24) is 0 Å². The Morgan fingerprint density at radius 2 is 2.22 bits per heavy atom. The lowest BCUT2D eigenvalue weighted by Gasteiger charge is -2.17. The van der Waals surface area contributed by atoms with E-state index in [9.17, 15) is 5.21 Å². The van der Waals surface area contributed by atoms with Crippen molar-refractivity contribution in [2.24, 2.45) is 5.41 Å². The predicted octanol–water partition coefficient (Wildman–Crippen LogP) is 1.51. The zero-order valence-corrected chi connectivity index (χ0v) is 5.79. The van der Waals surface area contributed by atoms with E-state index in [0.717, 1.165) is 11.2 Å². The lowest BCUT2D eigenvalue weighted by Crippen LogP contribution is -2.20. The second-order valence-electron chi connectivity index (χ2n) is 3.07. The maximum atomic E-state index is 10.7. The van der Waals surface area contributed by atoms with E-state index in [1.54, 1.807) is 12.4 Å². The Morgan fingerprint density at radius 1 is 1.56 bits per heavy atom. The minimum absolute atomic E-state index is 0.0521. The molecule has 0 amide bonds. The zero-order valence-electron chi connectivity index (χ0n) is 5.79. The molecule has 0 fully saturated rings. The molecule has 1 heterocycles. The van der Waals surface area contributed by atoms with Gasteiger partial charge in [-0.25, -0.2) is 0 Å². The van der Waals surface area contributed by atoms with Crippen molar-refractivity contribution in [1.29, 1.82) is 0 Å². The number of hydrogen-bond acceptors (Lipinski definition) is 1. The molecule has 1 aliphatic heterocycles. The first kappa shape index (κ1) is 6.33. The maximum Gasteiger partial charge on any atom is 0.176 e. The van der Waals surface area contributed by atoms with Gasteiger partial charge in [0.25, 0.3) is 0 Å². The normalized spacial score (nSPS) is 23.6. The summed E-state index contributed by atoms with van der Waals surface area (Å²) in [5.41, 5.74) is 0.0521. The van der Waals surface area contributed by atoms with Crippen molar-refractivity contribution in [2.45, 2.75) is 20.3 Å². The molecule has 0 bridgehead atoms. The van der Waals surface area contributed by atoms with Crippen LogP contribution >= 0.6 is 0 Å². The van der Waals surface area contributed by atoms with Crippen LogP contribution in [0.3, 0.4) is 0 Å². The molecule has 0 aromatic heterocycles. The number of nitrogens with zero attached hydrogens (tertiary/aromatic N) is 1. The van der Waals surface area contributed by atoms with E-state index < -0.39 is 0 Å². The third-order valence-electron chi connectivity index (χ3n) is 1.37. The van der Waals surface area contributed by atoms with Gasteiger partial charge in [-0.2, -0.15) is 4.74 Å². The highest BCUT2D eigenvalue weighted by atomic mass is 16.5. The number of allylic oxidation sites excluding steroid dienone is 1. The topological polar surface area (TPSA) is 26.1 Å². The van der Waals surface area contributed by atoms with E-state index >= 15 is 0 Å². The lowest BCUT2D eigenvalue weighted by molar-refractivity contribution is -0.380. The van der Waals surface area contributed by atoms with Gasteiger partial charge in [-0.05, 0) is 12.5 Å². The second kappa shape index (κ2) is 1.87. The van der Waals surface area contributed by atoms with Crippen molar-refractivity contribution >= 4 is 6.21 Å². The van der Waals surface area contributed by atoms with Crippen molar-refractivity contribution in [3.63, 3.8) is 0 Å². The van der Waals surface area contributed by atoms with Crippen molar-refractivity contribution in [3.05, 3.63) is 17.5 Å². The van der Waals surface area contributed by atoms with E-state index in [1.165, 1.54) is 0 Å². The third kappa shape index (κ3) is 1.56. The van der Waals surface area contributed by atoms with Gasteiger partial charge in [-0.3, -0.25) is 0 Å². The Hall–Kier alpha value is -0.790. The minimum atomic E-state index is 0.0521. The van der Waals surface area contributed by atoms with Gasteiger partial charge in [0, 0.05) is 5.41 Å². The van der Waals surface area contributed by atoms with Gasteiger partial charge < -0.3 is 5.21 Å². The van der Waals surface area contributed by atoms with Gasteiger partial charge in [0.1, 0.15) is 0 Å². The molecule has 9 heavy (non-hydrogen) atoms. The summed E-state index contributed by atoms with van der Waals surface area (Å²) >= 11 is 0. The Morgan fingerprint density at radius 3 is 2.56 bits per heavy atom. The van der Waals surface area contributed by atoms with Crippen LogP contribution in [0.2, 0.25) is 0 Å². The first-order chi connectivity index (χ1) is 4.10. The van der Waals surface area contributed by atoms with Crippen molar-refractivity contribution in [3.8, 4) is 0 Å². The van der Waals surface area contributed by atoms with Gasteiger partial charge in [0.2, 0.25) is 0 Å². The molecule has 1 rings (SSSR count). The highest BCUT2D eigenvalue weighted by molar-refractivity contribution is 5.60. The molecule has 0 unspecified atom stereocenters. The Labute approximate surface area is 55.1 Å². The second-order valence-corrected chi connectivity index (χ2v) is 3.07. The molecule has 1 aliphatic rings. The van der Waals surface area contributed by atoms with E-state index in [2.05, 4.69) is 0 Å². The van der Waals surface area contributed by atoms with Gasteiger partial charge in [0.05, 0.1) is 0 Å². The number of hydrogen-bond donors (Lipinski definition) is 0. The van der Waals surface area contributed by atoms with Crippen LogP contribution in [0.4, 0.5) is 0 Å². The van der Waals surface area contributed by atoms with Crippen LogP contribution < -0.4 is 0 Å². The summed E-state index contributed by atoms with van der Waals surface area (Å²) in [5, 5.41) is 10.7. The summed E-state index contributed by atoms with van der Waals surface area (Å²) in [6.45, 7) is 4.09. The molecule has 0 aliphatic carbocycles. The van der Waals surface area contributed by atoms with Crippen LogP contribution in [-0.2, 0) is 0 Å².